The van der Waals surface area contributed by atoms with E-state index in [1.807, 2.05) is 60.7 Å². The molecule has 3 rings (SSSR count). The van der Waals surface area contributed by atoms with Crippen molar-refractivity contribution in [2.45, 2.75) is 12.8 Å². The van der Waals surface area contributed by atoms with Gasteiger partial charge in [-0.25, -0.2) is 5.43 Å². The van der Waals surface area contributed by atoms with Crippen molar-refractivity contribution in [2.24, 2.45) is 5.10 Å². The molecule has 28 heavy (non-hydrogen) atoms. The number of benzene rings is 2. The average molecular weight is 375 g/mol. The first kappa shape index (κ1) is 19.1. The van der Waals surface area contributed by atoms with Crippen LogP contribution in [-0.4, -0.2) is 24.1 Å². The number of hydrogen-bond acceptors (Lipinski definition) is 4. The summed E-state index contributed by atoms with van der Waals surface area (Å²) in [6.07, 6.45) is 1.53. The highest BCUT2D eigenvalue weighted by molar-refractivity contribution is 5.97. The van der Waals surface area contributed by atoms with Crippen LogP contribution in [0.5, 0.6) is 0 Å². The largest absolute Gasteiger partial charge is 0.463 e. The first-order valence-electron chi connectivity index (χ1n) is 8.90. The molecule has 0 aliphatic rings. The molecule has 1 aromatic heterocycles. The average Bonchev–Trinajstić information content (AvgIpc) is 3.27. The number of rotatable bonds is 7. The summed E-state index contributed by atoms with van der Waals surface area (Å²) in [5.74, 6) is -0.598. The summed E-state index contributed by atoms with van der Waals surface area (Å²) in [6, 6.07) is 22.4. The lowest BCUT2D eigenvalue weighted by Gasteiger charge is -2.17. The molecule has 0 saturated carbocycles. The van der Waals surface area contributed by atoms with Crippen molar-refractivity contribution >= 4 is 17.5 Å². The number of furan rings is 1. The van der Waals surface area contributed by atoms with Gasteiger partial charge in [0.2, 0.25) is 5.91 Å². The van der Waals surface area contributed by atoms with Gasteiger partial charge in [0.15, 0.2) is 0 Å². The third-order valence-electron chi connectivity index (χ3n) is 4.18. The van der Waals surface area contributed by atoms with Gasteiger partial charge in [-0.15, -0.1) is 0 Å². The van der Waals surface area contributed by atoms with Crippen LogP contribution in [-0.2, 0) is 9.59 Å². The molecule has 2 N–H and O–H groups in total. The molecule has 2 aromatic carbocycles. The highest BCUT2D eigenvalue weighted by Crippen LogP contribution is 2.24. The normalized spacial score (nSPS) is 11.3. The smallest absolute Gasteiger partial charge is 0.259 e. The van der Waals surface area contributed by atoms with Gasteiger partial charge in [0.05, 0.1) is 18.7 Å². The first-order valence-corrected chi connectivity index (χ1v) is 8.90. The minimum atomic E-state index is -0.497. The monoisotopic (exact) mass is 375 g/mol. The standard InChI is InChI=1S/C22H21N3O3/c1-16(19-13-8-14-28-19)24-25-20(26)15-23-22(27)21(17-9-4-2-5-10-17)18-11-6-3-7-12-18/h2-14,21H,15H2,1H3,(H,23,27)(H,25,26)/b24-16+. The third-order valence-corrected chi connectivity index (χ3v) is 4.18. The molecule has 6 nitrogen and oxygen atoms in total. The van der Waals surface area contributed by atoms with E-state index >= 15 is 0 Å². The second kappa shape index (κ2) is 9.32. The van der Waals surface area contributed by atoms with E-state index in [0.717, 1.165) is 11.1 Å². The Balaban J connectivity index is 1.64. The van der Waals surface area contributed by atoms with Crippen LogP contribution in [0.25, 0.3) is 0 Å². The number of amides is 2. The Bertz CT molecular complexity index is 896. The molecule has 142 valence electrons. The molecule has 0 spiro atoms. The van der Waals surface area contributed by atoms with Gasteiger partial charge in [0.1, 0.15) is 11.5 Å². The second-order valence-corrected chi connectivity index (χ2v) is 6.18. The highest BCUT2D eigenvalue weighted by atomic mass is 16.3. The lowest BCUT2D eigenvalue weighted by Crippen LogP contribution is -2.38. The minimum absolute atomic E-state index is 0.177. The molecule has 0 unspecified atom stereocenters. The minimum Gasteiger partial charge on any atom is -0.463 e. The fourth-order valence-corrected chi connectivity index (χ4v) is 2.78. The Kier molecular flexibility index (Phi) is 6.36. The molecular weight excluding hydrogens is 354 g/mol. The van der Waals surface area contributed by atoms with Crippen molar-refractivity contribution < 1.29 is 14.0 Å². The molecule has 0 atom stereocenters. The van der Waals surface area contributed by atoms with E-state index in [1.54, 1.807) is 19.1 Å². The number of nitrogens with one attached hydrogen (secondary N) is 2. The predicted molar refractivity (Wildman–Crippen MR) is 107 cm³/mol. The van der Waals surface area contributed by atoms with E-state index in [9.17, 15) is 9.59 Å². The number of hydrazone groups is 1. The summed E-state index contributed by atoms with van der Waals surface area (Å²) in [6.45, 7) is 1.54. The first-order chi connectivity index (χ1) is 13.6. The van der Waals surface area contributed by atoms with Crippen molar-refractivity contribution in [1.29, 1.82) is 0 Å². The topological polar surface area (TPSA) is 83.7 Å². The molecule has 2 amide bonds. The fourth-order valence-electron chi connectivity index (χ4n) is 2.78. The maximum atomic E-state index is 12.8. The van der Waals surface area contributed by atoms with Crippen molar-refractivity contribution in [2.75, 3.05) is 6.54 Å². The van der Waals surface area contributed by atoms with Crippen LogP contribution >= 0.6 is 0 Å². The lowest BCUT2D eigenvalue weighted by molar-refractivity contribution is -0.126. The Morgan fingerprint density at radius 2 is 1.54 bits per heavy atom. The van der Waals surface area contributed by atoms with E-state index in [2.05, 4.69) is 15.8 Å². The van der Waals surface area contributed by atoms with Gasteiger partial charge in [0, 0.05) is 0 Å². The lowest BCUT2D eigenvalue weighted by atomic mass is 9.90. The van der Waals surface area contributed by atoms with E-state index in [0.29, 0.717) is 11.5 Å². The molecular formula is C22H21N3O3. The Morgan fingerprint density at radius 1 is 0.929 bits per heavy atom. The third kappa shape index (κ3) is 4.94. The van der Waals surface area contributed by atoms with E-state index in [1.165, 1.54) is 6.26 Å². The maximum Gasteiger partial charge on any atom is 0.259 e. The van der Waals surface area contributed by atoms with Crippen LogP contribution < -0.4 is 10.7 Å². The predicted octanol–water partition coefficient (Wildman–Crippen LogP) is 3.07. The van der Waals surface area contributed by atoms with E-state index in [-0.39, 0.29) is 12.5 Å². The van der Waals surface area contributed by atoms with Gasteiger partial charge in [0.25, 0.3) is 5.91 Å². The van der Waals surface area contributed by atoms with Gasteiger partial charge in [-0.3, -0.25) is 9.59 Å². The number of carbonyl (C=O) groups excluding carboxylic acids is 2. The fraction of sp³-hybridized carbons (Fsp3) is 0.136. The van der Waals surface area contributed by atoms with Crippen LogP contribution in [0.1, 0.15) is 29.7 Å². The highest BCUT2D eigenvalue weighted by Gasteiger charge is 2.22. The van der Waals surface area contributed by atoms with Crippen molar-refractivity contribution in [3.05, 3.63) is 95.9 Å². The Morgan fingerprint density at radius 3 is 2.07 bits per heavy atom. The van der Waals surface area contributed by atoms with Gasteiger partial charge in [-0.2, -0.15) is 5.10 Å². The molecule has 3 aromatic rings. The van der Waals surface area contributed by atoms with E-state index < -0.39 is 11.8 Å². The van der Waals surface area contributed by atoms with Crippen LogP contribution in [0.15, 0.2) is 88.6 Å². The molecule has 0 radical (unpaired) electrons. The molecule has 0 aliphatic carbocycles. The molecule has 0 fully saturated rings. The molecule has 0 bridgehead atoms. The maximum absolute atomic E-state index is 12.8. The zero-order valence-electron chi connectivity index (χ0n) is 15.5. The van der Waals surface area contributed by atoms with Gasteiger partial charge >= 0.3 is 0 Å². The summed E-state index contributed by atoms with van der Waals surface area (Å²) >= 11 is 0. The summed E-state index contributed by atoms with van der Waals surface area (Å²) < 4.78 is 5.20. The quantitative estimate of drug-likeness (QED) is 0.492. The SMILES string of the molecule is C/C(=N\NC(=O)CNC(=O)C(c1ccccc1)c1ccccc1)c1ccco1. The van der Waals surface area contributed by atoms with Crippen molar-refractivity contribution in [3.63, 3.8) is 0 Å². The van der Waals surface area contributed by atoms with Crippen LogP contribution in [0.4, 0.5) is 0 Å². The van der Waals surface area contributed by atoms with Crippen LogP contribution in [0, 0.1) is 0 Å². The summed E-state index contributed by atoms with van der Waals surface area (Å²) in [4.78, 5) is 24.9. The zero-order valence-corrected chi connectivity index (χ0v) is 15.5. The number of nitrogens with zero attached hydrogens (tertiary/aromatic N) is 1. The Hall–Kier alpha value is -3.67. The zero-order chi connectivity index (χ0) is 19.8. The number of carbonyl (C=O) groups is 2. The van der Waals surface area contributed by atoms with Gasteiger partial charge in [-0.1, -0.05) is 60.7 Å². The molecule has 6 heteroatoms. The van der Waals surface area contributed by atoms with Crippen LogP contribution in [0.2, 0.25) is 0 Å². The summed E-state index contributed by atoms with van der Waals surface area (Å²) in [5, 5.41) is 6.67. The van der Waals surface area contributed by atoms with E-state index in [4.69, 9.17) is 4.42 Å². The van der Waals surface area contributed by atoms with Crippen molar-refractivity contribution in [1.82, 2.24) is 10.7 Å². The van der Waals surface area contributed by atoms with Gasteiger partial charge in [-0.05, 0) is 30.2 Å². The van der Waals surface area contributed by atoms with Crippen LogP contribution in [0.3, 0.4) is 0 Å². The summed E-state index contributed by atoms with van der Waals surface area (Å²) in [5.41, 5.74) is 4.68. The Labute approximate surface area is 163 Å². The van der Waals surface area contributed by atoms with Gasteiger partial charge < -0.3 is 9.73 Å². The number of hydrogen-bond donors (Lipinski definition) is 2. The molecule has 1 heterocycles. The van der Waals surface area contributed by atoms with Crippen molar-refractivity contribution in [3.8, 4) is 0 Å². The second-order valence-electron chi connectivity index (χ2n) is 6.18. The summed E-state index contributed by atoms with van der Waals surface area (Å²) in [7, 11) is 0. The molecule has 0 aliphatic heterocycles. The molecule has 0 saturated heterocycles.